The molecule has 16 rings (SSSR count). The number of nitrogens with zero attached hydrogens (tertiary/aromatic N) is 5. The molecule has 0 aliphatic rings. The first-order valence-electron chi connectivity index (χ1n) is 41.2. The van der Waals surface area contributed by atoms with Crippen molar-refractivity contribution in [2.45, 2.75) is 262 Å². The van der Waals surface area contributed by atoms with Crippen LogP contribution < -0.4 is 0 Å². The van der Waals surface area contributed by atoms with Crippen LogP contribution in [0.1, 0.15) is 263 Å². The highest BCUT2D eigenvalue weighted by Crippen LogP contribution is 2.56. The lowest BCUT2D eigenvalue weighted by Gasteiger charge is -2.31. The molecule has 0 spiro atoms. The molecule has 112 heavy (non-hydrogen) atoms. The van der Waals surface area contributed by atoms with Crippen LogP contribution in [0.5, 0.6) is 0 Å². The molecule has 0 N–H and O–H groups in total. The monoisotopic (exact) mass is 1540 g/mol. The smallest absolute Gasteiger partial charge is 0.0991 e. The summed E-state index contributed by atoms with van der Waals surface area (Å²) in [5, 5.41) is 12.2. The Balaban J connectivity index is 1.31. The van der Waals surface area contributed by atoms with Crippen LogP contribution in [0.4, 0.5) is 0 Å². The van der Waals surface area contributed by atoms with Gasteiger partial charge in [0.05, 0.1) is 88.1 Å². The van der Waals surface area contributed by atoms with Crippen molar-refractivity contribution in [3.8, 4) is 28.4 Å². The highest BCUT2D eigenvalue weighted by Gasteiger charge is 2.39. The molecule has 0 aliphatic carbocycles. The van der Waals surface area contributed by atoms with Crippen molar-refractivity contribution in [1.29, 1.82) is 0 Å². The van der Waals surface area contributed by atoms with E-state index in [2.05, 4.69) is 413 Å². The summed E-state index contributed by atoms with van der Waals surface area (Å²) in [6.07, 6.45) is 0. The lowest BCUT2D eigenvalue weighted by molar-refractivity contribution is 0.590. The number of halogens is 1. The van der Waals surface area contributed by atoms with Gasteiger partial charge in [0, 0.05) is 53.9 Å². The molecule has 0 aliphatic heterocycles. The molecule has 0 unspecified atom stereocenters. The van der Waals surface area contributed by atoms with Gasteiger partial charge in [-0.1, -0.05) is 268 Å². The molecule has 5 nitrogen and oxygen atoms in total. The van der Waals surface area contributed by atoms with E-state index in [-0.39, 0.29) is 54.1 Å². The maximum atomic E-state index is 5.11. The fourth-order valence-corrected chi connectivity index (χ4v) is 18.4. The van der Waals surface area contributed by atoms with Crippen molar-refractivity contribution >= 4 is 125 Å². The Labute approximate surface area is 675 Å². The quantitative estimate of drug-likeness (QED) is 0.164. The molecule has 0 radical (unpaired) electrons. The van der Waals surface area contributed by atoms with Crippen molar-refractivity contribution in [2.24, 2.45) is 0 Å². The maximum absolute atomic E-state index is 5.11. The summed E-state index contributed by atoms with van der Waals surface area (Å²) in [6, 6.07) is 74.4. The third kappa shape index (κ3) is 12.4. The van der Waals surface area contributed by atoms with Crippen molar-refractivity contribution in [2.75, 3.05) is 0 Å². The Kier molecular flexibility index (Phi) is 17.1. The summed E-state index contributed by atoms with van der Waals surface area (Å²) in [6.45, 7) is 71.0. The van der Waals surface area contributed by atoms with E-state index in [1.54, 1.807) is 0 Å². The maximum Gasteiger partial charge on any atom is 0.0991 e. The highest BCUT2D eigenvalue weighted by atomic mass is 79.9. The topological polar surface area (TPSA) is 24.6 Å². The van der Waals surface area contributed by atoms with E-state index in [9.17, 15) is 0 Å². The van der Waals surface area contributed by atoms with E-state index in [0.717, 1.165) is 88.1 Å². The van der Waals surface area contributed by atoms with Gasteiger partial charge in [-0.15, -0.1) is 0 Å². The average molecular weight is 1540 g/mol. The Morgan fingerprint density at radius 3 is 0.357 bits per heavy atom. The van der Waals surface area contributed by atoms with Gasteiger partial charge < -0.3 is 22.8 Å². The predicted molar refractivity (Wildman–Crippen MR) is 493 cm³/mol. The van der Waals surface area contributed by atoms with E-state index in [4.69, 9.17) is 15.9 Å². The standard InChI is InChI=1S/C106H120BrN5/c1-97(2,3)61-31-41-81-71(51-61)72-52-62(98(4,5)6)32-42-82(72)108(81)92-91(107)93(109-83-43-33-63(99(7,8)9)53-73(83)74-54-64(100(10,11)12)34-44-84(74)109)95(111-87-47-37-67(103(19,20)21)57-77(87)78-58-68(104(22,23)24)38-48-88(78)111)96(112-89-49-39-69(105(25,26)27)59-79(89)80-60-70(106(28,29)30)40-50-90(80)112)94(92)110-85-45-35-65(101(13,14)15)55-75(85)76-56-66(102(16,17)18)36-46-86(76)110/h31-60H,1-30H3. The summed E-state index contributed by atoms with van der Waals surface area (Å²) in [5.41, 5.74) is 28.0. The number of hydrogen-bond acceptors (Lipinski definition) is 0. The SMILES string of the molecule is CC(C)(C)c1ccc2c(c1)c1cc(C(C)(C)C)ccc1n2-c1c(Br)c(-n2c3ccc(C(C)(C)C)cc3c3cc(C(C)(C)C)ccc32)c(-n2c3ccc(C(C)(C)C)cc3c3cc(C(C)(C)C)ccc32)c(-n2c3ccc(C(C)(C)C)cc3c3cc(C(C)(C)C)ccc32)c1-n1c2ccc(C(C)(C)C)cc2c2cc(C(C)(C)C)ccc21. The minimum absolute atomic E-state index is 0.144. The van der Waals surface area contributed by atoms with Crippen LogP contribution in [0.2, 0.25) is 0 Å². The second-order valence-electron chi connectivity index (χ2n) is 43.6. The van der Waals surface area contributed by atoms with E-state index in [0.29, 0.717) is 0 Å². The molecule has 0 saturated carbocycles. The van der Waals surface area contributed by atoms with Crippen LogP contribution in [0, 0.1) is 0 Å². The summed E-state index contributed by atoms with van der Waals surface area (Å²) >= 11 is 5.11. The minimum Gasteiger partial charge on any atom is -0.306 e. The molecule has 16 aromatic rings. The van der Waals surface area contributed by atoms with Crippen LogP contribution in [-0.2, 0) is 54.1 Å². The highest BCUT2D eigenvalue weighted by molar-refractivity contribution is 9.10. The second-order valence-corrected chi connectivity index (χ2v) is 44.3. The normalized spacial score (nSPS) is 13.8. The lowest BCUT2D eigenvalue weighted by atomic mass is 9.85. The molecule has 0 amide bonds. The Morgan fingerprint density at radius 2 is 0.250 bits per heavy atom. The zero-order valence-corrected chi connectivity index (χ0v) is 74.5. The largest absolute Gasteiger partial charge is 0.306 e. The van der Waals surface area contributed by atoms with Gasteiger partial charge in [-0.3, -0.25) is 0 Å². The number of benzene rings is 11. The molecule has 5 aromatic heterocycles. The van der Waals surface area contributed by atoms with Gasteiger partial charge in [-0.05, 0) is 247 Å². The van der Waals surface area contributed by atoms with Crippen molar-refractivity contribution in [3.05, 3.63) is 242 Å². The Morgan fingerprint density at radius 1 is 0.152 bits per heavy atom. The van der Waals surface area contributed by atoms with Crippen molar-refractivity contribution < 1.29 is 0 Å². The summed E-state index contributed by atoms with van der Waals surface area (Å²) in [7, 11) is 0. The molecule has 11 aromatic carbocycles. The van der Waals surface area contributed by atoms with Crippen molar-refractivity contribution in [3.63, 3.8) is 0 Å². The lowest BCUT2D eigenvalue weighted by Crippen LogP contribution is -2.18. The van der Waals surface area contributed by atoms with Gasteiger partial charge in [-0.25, -0.2) is 0 Å². The summed E-state index contributed by atoms with van der Waals surface area (Å²) in [5.74, 6) is 0. The fraction of sp³-hybridized carbons (Fsp3) is 0.377. The first-order valence-corrected chi connectivity index (χ1v) is 42.0. The molecule has 0 bridgehead atoms. The molecule has 576 valence electrons. The van der Waals surface area contributed by atoms with E-state index >= 15 is 0 Å². The van der Waals surface area contributed by atoms with Gasteiger partial charge in [-0.2, -0.15) is 0 Å². The second kappa shape index (κ2) is 25.0. The van der Waals surface area contributed by atoms with Gasteiger partial charge in [0.1, 0.15) is 0 Å². The summed E-state index contributed by atoms with van der Waals surface area (Å²) in [4.78, 5) is 0. The predicted octanol–water partition coefficient (Wildman–Crippen LogP) is 30.9. The van der Waals surface area contributed by atoms with Gasteiger partial charge in [0.2, 0.25) is 0 Å². The van der Waals surface area contributed by atoms with Crippen LogP contribution in [0.15, 0.2) is 186 Å². The molecule has 0 saturated heterocycles. The molecule has 0 fully saturated rings. The first kappa shape index (κ1) is 76.9. The molecule has 0 atom stereocenters. The van der Waals surface area contributed by atoms with E-state index in [1.165, 1.54) is 109 Å². The first-order chi connectivity index (χ1) is 51.8. The van der Waals surface area contributed by atoms with Crippen LogP contribution >= 0.6 is 15.9 Å². The van der Waals surface area contributed by atoms with Crippen LogP contribution in [0.3, 0.4) is 0 Å². The van der Waals surface area contributed by atoms with E-state index < -0.39 is 0 Å². The zero-order chi connectivity index (χ0) is 80.9. The fourth-order valence-electron chi connectivity index (χ4n) is 17.7. The van der Waals surface area contributed by atoms with Gasteiger partial charge in [0.15, 0.2) is 0 Å². The number of hydrogen-bond donors (Lipinski definition) is 0. The number of rotatable bonds is 5. The Hall–Kier alpha value is -9.10. The third-order valence-corrected chi connectivity index (χ3v) is 25.7. The van der Waals surface area contributed by atoms with E-state index in [1.807, 2.05) is 0 Å². The van der Waals surface area contributed by atoms with Gasteiger partial charge >= 0.3 is 0 Å². The summed E-state index contributed by atoms with van der Waals surface area (Å²) < 4.78 is 14.6. The Bertz CT molecular complexity index is 5950. The molecule has 5 heterocycles. The minimum atomic E-state index is -0.160. The molecular formula is C106H120BrN5. The third-order valence-electron chi connectivity index (χ3n) is 24.9. The number of aromatic nitrogens is 5. The zero-order valence-electron chi connectivity index (χ0n) is 72.9. The van der Waals surface area contributed by atoms with Crippen LogP contribution in [-0.4, -0.2) is 22.8 Å². The molecule has 6 heteroatoms. The van der Waals surface area contributed by atoms with Crippen LogP contribution in [0.25, 0.3) is 137 Å². The average Bonchev–Trinajstić information content (AvgIpc) is 1.48. The van der Waals surface area contributed by atoms with Gasteiger partial charge in [0.25, 0.3) is 0 Å². The van der Waals surface area contributed by atoms with Crippen molar-refractivity contribution in [1.82, 2.24) is 22.8 Å². The molecular weight excluding hydrogens is 1420 g/mol. The number of fused-ring (bicyclic) bond motifs is 15.